The van der Waals surface area contributed by atoms with Gasteiger partial charge in [0.15, 0.2) is 5.65 Å². The minimum Gasteiger partial charge on any atom is -0.392 e. The molecule has 80 valence electrons. The number of nitrogen functional groups attached to an aromatic ring is 1. The molecule has 0 fully saturated rings. The van der Waals surface area contributed by atoms with Gasteiger partial charge in [0.25, 0.3) is 0 Å². The summed E-state index contributed by atoms with van der Waals surface area (Å²) in [6.45, 7) is -0.00154. The molecule has 3 rings (SSSR count). The number of H-pyrrole nitrogens is 1. The topological polar surface area (TPSA) is 101 Å². The lowest BCUT2D eigenvalue weighted by Gasteiger charge is -1.95. The van der Waals surface area contributed by atoms with E-state index < -0.39 is 0 Å². The zero-order valence-corrected chi connectivity index (χ0v) is 8.31. The molecule has 16 heavy (non-hydrogen) atoms. The van der Waals surface area contributed by atoms with Crippen LogP contribution in [0.25, 0.3) is 22.1 Å². The number of aromatic nitrogens is 4. The minimum atomic E-state index is -0.00154. The molecule has 0 radical (unpaired) electrons. The van der Waals surface area contributed by atoms with Crippen molar-refractivity contribution in [1.29, 1.82) is 0 Å². The lowest BCUT2D eigenvalue weighted by molar-refractivity contribution is 0.282. The quantitative estimate of drug-likeness (QED) is 0.551. The zero-order valence-electron chi connectivity index (χ0n) is 8.31. The van der Waals surface area contributed by atoms with E-state index in [2.05, 4.69) is 20.2 Å². The molecular weight excluding hydrogens is 206 g/mol. The Labute approximate surface area is 90.1 Å². The van der Waals surface area contributed by atoms with Crippen LogP contribution in [0.3, 0.4) is 0 Å². The number of aliphatic hydroxyl groups is 1. The van der Waals surface area contributed by atoms with E-state index in [-0.39, 0.29) is 12.6 Å². The SMILES string of the molecule is Nc1nnc2c(n1)[nH]c1ccc(CO)cc12. The molecule has 0 unspecified atom stereocenters. The fourth-order valence-corrected chi connectivity index (χ4v) is 1.73. The monoisotopic (exact) mass is 215 g/mol. The molecule has 4 N–H and O–H groups in total. The maximum atomic E-state index is 9.07. The molecule has 6 heteroatoms. The Morgan fingerprint density at radius 3 is 3.00 bits per heavy atom. The van der Waals surface area contributed by atoms with Gasteiger partial charge in [-0.2, -0.15) is 4.98 Å². The van der Waals surface area contributed by atoms with Gasteiger partial charge >= 0.3 is 0 Å². The summed E-state index contributed by atoms with van der Waals surface area (Å²) < 4.78 is 0. The highest BCUT2D eigenvalue weighted by Gasteiger charge is 2.08. The first-order valence-corrected chi connectivity index (χ1v) is 4.79. The van der Waals surface area contributed by atoms with E-state index in [1.165, 1.54) is 0 Å². The van der Waals surface area contributed by atoms with Gasteiger partial charge in [0, 0.05) is 10.9 Å². The third-order valence-corrected chi connectivity index (χ3v) is 2.48. The third-order valence-electron chi connectivity index (χ3n) is 2.48. The van der Waals surface area contributed by atoms with Gasteiger partial charge in [0.05, 0.1) is 6.61 Å². The maximum absolute atomic E-state index is 9.07. The van der Waals surface area contributed by atoms with E-state index in [9.17, 15) is 0 Å². The lowest BCUT2D eigenvalue weighted by Crippen LogP contribution is -1.96. The fourth-order valence-electron chi connectivity index (χ4n) is 1.73. The summed E-state index contributed by atoms with van der Waals surface area (Å²) in [5.74, 6) is 0.140. The maximum Gasteiger partial charge on any atom is 0.242 e. The summed E-state index contributed by atoms with van der Waals surface area (Å²) in [4.78, 5) is 7.15. The third kappa shape index (κ3) is 1.20. The molecule has 0 saturated carbocycles. The molecule has 0 atom stereocenters. The first kappa shape index (κ1) is 9.05. The number of fused-ring (bicyclic) bond motifs is 3. The number of rotatable bonds is 1. The smallest absolute Gasteiger partial charge is 0.242 e. The Kier molecular flexibility index (Phi) is 1.78. The van der Waals surface area contributed by atoms with Crippen molar-refractivity contribution in [3.63, 3.8) is 0 Å². The van der Waals surface area contributed by atoms with E-state index >= 15 is 0 Å². The van der Waals surface area contributed by atoms with Gasteiger partial charge in [-0.1, -0.05) is 6.07 Å². The molecule has 0 saturated heterocycles. The first-order chi connectivity index (χ1) is 7.78. The zero-order chi connectivity index (χ0) is 11.1. The highest BCUT2D eigenvalue weighted by atomic mass is 16.3. The molecular formula is C10H9N5O. The summed E-state index contributed by atoms with van der Waals surface area (Å²) in [5, 5.41) is 17.7. The second-order valence-electron chi connectivity index (χ2n) is 3.53. The first-order valence-electron chi connectivity index (χ1n) is 4.79. The molecule has 0 aliphatic rings. The highest BCUT2D eigenvalue weighted by molar-refractivity contribution is 6.03. The van der Waals surface area contributed by atoms with Gasteiger partial charge < -0.3 is 15.8 Å². The summed E-state index contributed by atoms with van der Waals surface area (Å²) >= 11 is 0. The molecule has 2 heterocycles. The second kappa shape index (κ2) is 3.14. The predicted molar refractivity (Wildman–Crippen MR) is 59.5 cm³/mol. The predicted octanol–water partition coefficient (Wildman–Crippen LogP) is 0.581. The number of anilines is 1. The van der Waals surface area contributed by atoms with E-state index in [4.69, 9.17) is 10.8 Å². The molecule has 6 nitrogen and oxygen atoms in total. The summed E-state index contributed by atoms with van der Waals surface area (Å²) in [7, 11) is 0. The molecule has 0 amide bonds. The van der Waals surface area contributed by atoms with Gasteiger partial charge in [-0.05, 0) is 17.7 Å². The molecule has 0 spiro atoms. The molecule has 3 aromatic rings. The Morgan fingerprint density at radius 1 is 1.31 bits per heavy atom. The van der Waals surface area contributed by atoms with Gasteiger partial charge in [-0.15, -0.1) is 10.2 Å². The van der Waals surface area contributed by atoms with Crippen LogP contribution >= 0.6 is 0 Å². The van der Waals surface area contributed by atoms with Crippen LogP contribution in [-0.2, 0) is 6.61 Å². The largest absolute Gasteiger partial charge is 0.392 e. The van der Waals surface area contributed by atoms with Crippen LogP contribution in [0.2, 0.25) is 0 Å². The number of nitrogens with zero attached hydrogens (tertiary/aromatic N) is 3. The molecule has 0 aliphatic heterocycles. The van der Waals surface area contributed by atoms with Crippen molar-refractivity contribution < 1.29 is 5.11 Å². The average Bonchev–Trinajstić information content (AvgIpc) is 2.65. The van der Waals surface area contributed by atoms with Gasteiger partial charge in [0.1, 0.15) is 5.52 Å². The van der Waals surface area contributed by atoms with Gasteiger partial charge in [-0.3, -0.25) is 0 Å². The van der Waals surface area contributed by atoms with Crippen molar-refractivity contribution >= 4 is 28.0 Å². The van der Waals surface area contributed by atoms with Crippen molar-refractivity contribution in [3.05, 3.63) is 23.8 Å². The Hall–Kier alpha value is -2.21. The van der Waals surface area contributed by atoms with E-state index in [1.807, 2.05) is 18.2 Å². The van der Waals surface area contributed by atoms with E-state index in [0.717, 1.165) is 16.5 Å². The van der Waals surface area contributed by atoms with Crippen LogP contribution < -0.4 is 5.73 Å². The van der Waals surface area contributed by atoms with Gasteiger partial charge in [0.2, 0.25) is 5.95 Å². The number of aromatic amines is 1. The number of aliphatic hydroxyl groups excluding tert-OH is 1. The van der Waals surface area contributed by atoms with Crippen LogP contribution in [0.4, 0.5) is 5.95 Å². The number of benzene rings is 1. The molecule has 2 aromatic heterocycles. The van der Waals surface area contributed by atoms with Crippen molar-refractivity contribution in [2.45, 2.75) is 6.61 Å². The number of hydrogen-bond acceptors (Lipinski definition) is 5. The molecule has 1 aromatic carbocycles. The minimum absolute atomic E-state index is 0.00154. The summed E-state index contributed by atoms with van der Waals surface area (Å²) in [6, 6.07) is 5.58. The van der Waals surface area contributed by atoms with E-state index in [1.54, 1.807) is 0 Å². The van der Waals surface area contributed by atoms with Crippen molar-refractivity contribution in [2.24, 2.45) is 0 Å². The van der Waals surface area contributed by atoms with Crippen LogP contribution in [-0.4, -0.2) is 25.3 Å². The Balaban J connectivity index is 2.42. The lowest BCUT2D eigenvalue weighted by atomic mass is 10.1. The average molecular weight is 215 g/mol. The fraction of sp³-hybridized carbons (Fsp3) is 0.100. The molecule has 0 bridgehead atoms. The van der Waals surface area contributed by atoms with Crippen LogP contribution in [0.1, 0.15) is 5.56 Å². The van der Waals surface area contributed by atoms with Crippen LogP contribution in [0.5, 0.6) is 0 Å². The normalized spacial score (nSPS) is 11.3. The van der Waals surface area contributed by atoms with Gasteiger partial charge in [-0.25, -0.2) is 0 Å². The van der Waals surface area contributed by atoms with Crippen molar-refractivity contribution in [1.82, 2.24) is 20.2 Å². The van der Waals surface area contributed by atoms with Crippen molar-refractivity contribution in [2.75, 3.05) is 5.73 Å². The molecule has 0 aliphatic carbocycles. The van der Waals surface area contributed by atoms with Crippen LogP contribution in [0, 0.1) is 0 Å². The second-order valence-corrected chi connectivity index (χ2v) is 3.53. The number of nitrogens with two attached hydrogens (primary N) is 1. The summed E-state index contributed by atoms with van der Waals surface area (Å²) in [5.41, 5.74) is 8.46. The van der Waals surface area contributed by atoms with Crippen molar-refractivity contribution in [3.8, 4) is 0 Å². The van der Waals surface area contributed by atoms with Crippen LogP contribution in [0.15, 0.2) is 18.2 Å². The standard InChI is InChI=1S/C10H9N5O/c11-10-13-9-8(14-15-10)6-3-5(4-16)1-2-7(6)12-9/h1-3,16H,4H2,(H3,11,12,13,15). The number of hydrogen-bond donors (Lipinski definition) is 3. The number of nitrogens with one attached hydrogen (secondary N) is 1. The van der Waals surface area contributed by atoms with E-state index in [0.29, 0.717) is 11.2 Å². The summed E-state index contributed by atoms with van der Waals surface area (Å²) in [6.07, 6.45) is 0. The Morgan fingerprint density at radius 2 is 2.19 bits per heavy atom. The Bertz CT molecular complexity index is 675. The highest BCUT2D eigenvalue weighted by Crippen LogP contribution is 2.23.